The molecule has 0 spiro atoms. The highest BCUT2D eigenvalue weighted by molar-refractivity contribution is 9.10. The zero-order valence-electron chi connectivity index (χ0n) is 9.00. The van der Waals surface area contributed by atoms with E-state index >= 15 is 0 Å². The first-order valence-corrected chi connectivity index (χ1v) is 6.75. The Balaban J connectivity index is 1.85. The van der Waals surface area contributed by atoms with Crippen LogP contribution in [0.25, 0.3) is 4.96 Å². The second-order valence-corrected chi connectivity index (χ2v) is 5.28. The summed E-state index contributed by atoms with van der Waals surface area (Å²) in [5.41, 5.74) is 2.76. The first kappa shape index (κ1) is 11.4. The lowest BCUT2D eigenvalue weighted by Crippen LogP contribution is -2.12. The number of rotatable bonds is 2. The zero-order chi connectivity index (χ0) is 12.5. The molecule has 18 heavy (non-hydrogen) atoms. The van der Waals surface area contributed by atoms with Gasteiger partial charge in [0.05, 0.1) is 6.20 Å². The first-order valence-electron chi connectivity index (χ1n) is 5.08. The van der Waals surface area contributed by atoms with E-state index < -0.39 is 0 Å². The van der Waals surface area contributed by atoms with Crippen LogP contribution in [0.5, 0.6) is 0 Å². The molecule has 90 valence electrons. The molecule has 0 saturated heterocycles. The van der Waals surface area contributed by atoms with Crippen molar-refractivity contribution in [1.29, 1.82) is 0 Å². The van der Waals surface area contributed by atoms with E-state index in [1.54, 1.807) is 16.2 Å². The molecule has 0 atom stereocenters. The quantitative estimate of drug-likeness (QED) is 0.789. The predicted molar refractivity (Wildman–Crippen MR) is 73.0 cm³/mol. The minimum absolute atomic E-state index is 0.245. The Hall–Kier alpha value is -1.73. The van der Waals surface area contributed by atoms with Crippen molar-refractivity contribution in [2.75, 3.05) is 5.32 Å². The number of carbonyl (C=O) groups is 1. The van der Waals surface area contributed by atoms with Crippen LogP contribution in [0.15, 0.2) is 40.4 Å². The average molecular weight is 323 g/mol. The zero-order valence-corrected chi connectivity index (χ0v) is 11.4. The van der Waals surface area contributed by atoms with Gasteiger partial charge in [-0.3, -0.25) is 4.79 Å². The fraction of sp³-hybridized carbons (Fsp3) is 0. The molecule has 1 aromatic carbocycles. The molecule has 2 heterocycles. The SMILES string of the molecule is O=C(Nc1cccc(Br)c1)c1cn2ncsc2n1. The number of fused-ring (bicyclic) bond motifs is 1. The molecule has 0 unspecified atom stereocenters. The van der Waals surface area contributed by atoms with E-state index in [4.69, 9.17) is 0 Å². The number of hydrogen-bond acceptors (Lipinski definition) is 4. The van der Waals surface area contributed by atoms with Gasteiger partial charge in [0.15, 0.2) is 0 Å². The molecule has 7 heteroatoms. The molecule has 0 aliphatic carbocycles. The van der Waals surface area contributed by atoms with Gasteiger partial charge in [0.2, 0.25) is 4.96 Å². The Kier molecular flexibility index (Phi) is 2.85. The van der Waals surface area contributed by atoms with Gasteiger partial charge in [-0.1, -0.05) is 33.3 Å². The normalized spacial score (nSPS) is 10.7. The van der Waals surface area contributed by atoms with Crippen molar-refractivity contribution in [2.45, 2.75) is 0 Å². The van der Waals surface area contributed by atoms with Crippen molar-refractivity contribution in [1.82, 2.24) is 14.6 Å². The molecular formula is C11H7BrN4OS. The van der Waals surface area contributed by atoms with Gasteiger partial charge in [0, 0.05) is 10.2 Å². The van der Waals surface area contributed by atoms with E-state index in [-0.39, 0.29) is 5.91 Å². The molecule has 0 aliphatic heterocycles. The lowest BCUT2D eigenvalue weighted by molar-refractivity contribution is 0.102. The Labute approximate surface area is 115 Å². The van der Waals surface area contributed by atoms with Gasteiger partial charge in [0.1, 0.15) is 11.2 Å². The number of nitrogens with zero attached hydrogens (tertiary/aromatic N) is 3. The van der Waals surface area contributed by atoms with Crippen molar-refractivity contribution in [3.63, 3.8) is 0 Å². The van der Waals surface area contributed by atoms with Crippen LogP contribution in [-0.4, -0.2) is 20.5 Å². The number of anilines is 1. The standard InChI is InChI=1S/C11H7BrN4OS/c12-7-2-1-3-8(4-7)14-10(17)9-5-16-11(15-9)18-6-13-16/h1-6H,(H,14,17). The summed E-state index contributed by atoms with van der Waals surface area (Å²) in [6, 6.07) is 7.40. The van der Waals surface area contributed by atoms with Crippen LogP contribution in [0.1, 0.15) is 10.5 Å². The summed E-state index contributed by atoms with van der Waals surface area (Å²) in [5.74, 6) is -0.245. The Morgan fingerprint density at radius 1 is 1.44 bits per heavy atom. The second kappa shape index (κ2) is 4.51. The van der Waals surface area contributed by atoms with Gasteiger partial charge in [0.25, 0.3) is 5.91 Å². The van der Waals surface area contributed by atoms with Crippen molar-refractivity contribution >= 4 is 43.8 Å². The summed E-state index contributed by atoms with van der Waals surface area (Å²) in [5, 5.41) is 6.81. The lowest BCUT2D eigenvalue weighted by atomic mass is 10.3. The molecule has 0 bridgehead atoms. The van der Waals surface area contributed by atoms with Crippen molar-refractivity contribution in [3.05, 3.63) is 46.1 Å². The highest BCUT2D eigenvalue weighted by Gasteiger charge is 2.12. The third-order valence-corrected chi connectivity index (χ3v) is 3.48. The van der Waals surface area contributed by atoms with Gasteiger partial charge in [-0.05, 0) is 18.2 Å². The van der Waals surface area contributed by atoms with Gasteiger partial charge in [-0.25, -0.2) is 9.50 Å². The van der Waals surface area contributed by atoms with Crippen LogP contribution in [-0.2, 0) is 0 Å². The molecule has 0 fully saturated rings. The lowest BCUT2D eigenvalue weighted by Gasteiger charge is -2.02. The van der Waals surface area contributed by atoms with Crippen LogP contribution in [0.4, 0.5) is 5.69 Å². The van der Waals surface area contributed by atoms with Crippen molar-refractivity contribution in [3.8, 4) is 0 Å². The van der Waals surface area contributed by atoms with E-state index in [2.05, 4.69) is 31.3 Å². The maximum Gasteiger partial charge on any atom is 0.275 e. The van der Waals surface area contributed by atoms with E-state index in [1.807, 2.05) is 24.3 Å². The van der Waals surface area contributed by atoms with Crippen LogP contribution >= 0.6 is 27.3 Å². The molecule has 2 aromatic heterocycles. The number of imidazole rings is 1. The summed E-state index contributed by atoms with van der Waals surface area (Å²) >= 11 is 4.74. The van der Waals surface area contributed by atoms with E-state index in [1.165, 1.54) is 11.3 Å². The predicted octanol–water partition coefficient (Wildman–Crippen LogP) is 2.81. The number of benzene rings is 1. The smallest absolute Gasteiger partial charge is 0.275 e. The summed E-state index contributed by atoms with van der Waals surface area (Å²) in [6.45, 7) is 0. The highest BCUT2D eigenvalue weighted by Crippen LogP contribution is 2.17. The summed E-state index contributed by atoms with van der Waals surface area (Å²) in [6.07, 6.45) is 1.61. The van der Waals surface area contributed by atoms with Gasteiger partial charge in [-0.15, -0.1) is 0 Å². The number of hydrogen-bond donors (Lipinski definition) is 1. The van der Waals surface area contributed by atoms with Gasteiger partial charge >= 0.3 is 0 Å². The van der Waals surface area contributed by atoms with E-state index in [0.717, 1.165) is 10.2 Å². The molecule has 3 aromatic rings. The Morgan fingerprint density at radius 2 is 2.33 bits per heavy atom. The van der Waals surface area contributed by atoms with Crippen LogP contribution in [0, 0.1) is 0 Å². The Bertz CT molecular complexity index is 692. The highest BCUT2D eigenvalue weighted by atomic mass is 79.9. The molecule has 0 radical (unpaired) electrons. The molecule has 0 saturated carbocycles. The number of aromatic nitrogens is 3. The van der Waals surface area contributed by atoms with Crippen LogP contribution in [0.2, 0.25) is 0 Å². The Morgan fingerprint density at radius 3 is 3.11 bits per heavy atom. The molecule has 1 N–H and O–H groups in total. The third kappa shape index (κ3) is 2.14. The van der Waals surface area contributed by atoms with Crippen LogP contribution < -0.4 is 5.32 Å². The monoisotopic (exact) mass is 322 g/mol. The van der Waals surface area contributed by atoms with E-state index in [0.29, 0.717) is 10.7 Å². The fourth-order valence-corrected chi connectivity index (χ4v) is 2.51. The molecular weight excluding hydrogens is 316 g/mol. The number of amides is 1. The topological polar surface area (TPSA) is 59.3 Å². The summed E-state index contributed by atoms with van der Waals surface area (Å²) in [7, 11) is 0. The van der Waals surface area contributed by atoms with Gasteiger partial charge in [-0.2, -0.15) is 5.10 Å². The molecule has 3 rings (SSSR count). The summed E-state index contributed by atoms with van der Waals surface area (Å²) in [4.78, 5) is 16.9. The van der Waals surface area contributed by atoms with E-state index in [9.17, 15) is 4.79 Å². The van der Waals surface area contributed by atoms with Crippen LogP contribution in [0.3, 0.4) is 0 Å². The minimum atomic E-state index is -0.245. The minimum Gasteiger partial charge on any atom is -0.321 e. The third-order valence-electron chi connectivity index (χ3n) is 2.30. The second-order valence-electron chi connectivity index (χ2n) is 3.56. The maximum absolute atomic E-state index is 12.0. The van der Waals surface area contributed by atoms with Crippen molar-refractivity contribution < 1.29 is 4.79 Å². The molecule has 1 amide bonds. The first-order chi connectivity index (χ1) is 8.72. The number of nitrogens with one attached hydrogen (secondary N) is 1. The number of carbonyl (C=O) groups excluding carboxylic acids is 1. The molecule has 0 aliphatic rings. The fourth-order valence-electron chi connectivity index (χ4n) is 1.51. The molecule has 5 nitrogen and oxygen atoms in total. The maximum atomic E-state index is 12.0. The van der Waals surface area contributed by atoms with Crippen molar-refractivity contribution in [2.24, 2.45) is 0 Å². The summed E-state index contributed by atoms with van der Waals surface area (Å²) < 4.78 is 2.49. The van der Waals surface area contributed by atoms with Gasteiger partial charge < -0.3 is 5.32 Å². The largest absolute Gasteiger partial charge is 0.321 e. The number of halogens is 1. The average Bonchev–Trinajstić information content (AvgIpc) is 2.88.